The van der Waals surface area contributed by atoms with Crippen LogP contribution in [0.25, 0.3) is 33.6 Å². The van der Waals surface area contributed by atoms with Crippen molar-refractivity contribution in [1.29, 1.82) is 0 Å². The lowest BCUT2D eigenvalue weighted by atomic mass is 10.0. The third-order valence-electron chi connectivity index (χ3n) is 6.19. The molecular weight excluding hydrogens is 446 g/mol. The van der Waals surface area contributed by atoms with Crippen molar-refractivity contribution in [2.75, 3.05) is 34.4 Å². The quantitative estimate of drug-likeness (QED) is 0.414. The number of methoxy groups -OCH3 is 3. The number of carbonyl (C=O) groups excluding carboxylic acids is 1. The van der Waals surface area contributed by atoms with Gasteiger partial charge in [0.25, 0.3) is 5.91 Å². The molecule has 8 nitrogen and oxygen atoms in total. The lowest BCUT2D eigenvalue weighted by Gasteiger charge is -2.13. The van der Waals surface area contributed by atoms with Crippen LogP contribution in [-0.2, 0) is 0 Å². The Balaban J connectivity index is 1.52. The van der Waals surface area contributed by atoms with Crippen LogP contribution in [0, 0.1) is 0 Å². The predicted octanol–water partition coefficient (Wildman–Crippen LogP) is 4.28. The van der Waals surface area contributed by atoms with Gasteiger partial charge in [-0.1, -0.05) is 12.1 Å². The normalized spacial score (nSPS) is 15.2. The molecule has 4 aromatic rings. The smallest absolute Gasteiger partial charge is 0.251 e. The maximum absolute atomic E-state index is 12.8. The van der Waals surface area contributed by atoms with Gasteiger partial charge >= 0.3 is 0 Å². The summed E-state index contributed by atoms with van der Waals surface area (Å²) in [6, 6.07) is 15.1. The highest BCUT2D eigenvalue weighted by atomic mass is 16.5. The van der Waals surface area contributed by atoms with Gasteiger partial charge in [-0.2, -0.15) is 0 Å². The minimum Gasteiger partial charge on any atom is -0.493 e. The summed E-state index contributed by atoms with van der Waals surface area (Å²) in [6.45, 7) is 1.72. The van der Waals surface area contributed by atoms with Crippen molar-refractivity contribution in [3.63, 3.8) is 0 Å². The van der Waals surface area contributed by atoms with Gasteiger partial charge in [0, 0.05) is 41.5 Å². The zero-order valence-corrected chi connectivity index (χ0v) is 19.9. The lowest BCUT2D eigenvalue weighted by molar-refractivity contribution is 0.0940. The van der Waals surface area contributed by atoms with E-state index in [0.717, 1.165) is 36.2 Å². The first-order chi connectivity index (χ1) is 17.1. The molecule has 1 atom stereocenters. The Morgan fingerprint density at radius 1 is 1.03 bits per heavy atom. The van der Waals surface area contributed by atoms with Crippen molar-refractivity contribution in [1.82, 2.24) is 15.6 Å². The van der Waals surface area contributed by atoms with Gasteiger partial charge in [0.15, 0.2) is 17.1 Å². The van der Waals surface area contributed by atoms with Gasteiger partial charge < -0.3 is 29.3 Å². The predicted molar refractivity (Wildman–Crippen MR) is 133 cm³/mol. The fraction of sp³-hybridized carbons (Fsp3) is 0.259. The Hall–Kier alpha value is -4.04. The van der Waals surface area contributed by atoms with Crippen LogP contribution in [0.3, 0.4) is 0 Å². The number of ether oxygens (including phenoxy) is 3. The molecule has 2 N–H and O–H groups in total. The van der Waals surface area contributed by atoms with Gasteiger partial charge in [-0.25, -0.2) is 0 Å². The molecule has 8 heteroatoms. The highest BCUT2D eigenvalue weighted by Crippen LogP contribution is 2.42. The minimum atomic E-state index is -0.0802. The second-order valence-electron chi connectivity index (χ2n) is 8.34. The van der Waals surface area contributed by atoms with E-state index in [9.17, 15) is 4.79 Å². The van der Waals surface area contributed by atoms with Crippen LogP contribution in [-0.4, -0.2) is 51.4 Å². The maximum Gasteiger partial charge on any atom is 0.251 e. The first-order valence-corrected chi connectivity index (χ1v) is 11.4. The summed E-state index contributed by atoms with van der Waals surface area (Å²) in [6.07, 6.45) is 2.68. The monoisotopic (exact) mass is 473 g/mol. The van der Waals surface area contributed by atoms with E-state index in [4.69, 9.17) is 18.6 Å². The van der Waals surface area contributed by atoms with Gasteiger partial charge in [-0.15, -0.1) is 0 Å². The molecular formula is C27H27N3O5. The fourth-order valence-corrected chi connectivity index (χ4v) is 4.41. The summed E-state index contributed by atoms with van der Waals surface area (Å²) >= 11 is 0. The highest BCUT2D eigenvalue weighted by molar-refractivity contribution is 5.98. The molecule has 1 saturated heterocycles. The van der Waals surface area contributed by atoms with E-state index in [0.29, 0.717) is 39.7 Å². The number of nitrogens with zero attached hydrogens (tertiary/aromatic N) is 1. The summed E-state index contributed by atoms with van der Waals surface area (Å²) in [7, 11) is 4.72. The van der Waals surface area contributed by atoms with Crippen molar-refractivity contribution >= 4 is 17.0 Å². The van der Waals surface area contributed by atoms with E-state index in [-0.39, 0.29) is 11.9 Å². The number of pyridine rings is 1. The van der Waals surface area contributed by atoms with Crippen LogP contribution in [0.1, 0.15) is 16.8 Å². The van der Waals surface area contributed by atoms with Crippen LogP contribution in [0.2, 0.25) is 0 Å². The standard InChI is InChI=1S/C27H27N3O5/c1-32-23-12-18(13-24(33-2)26(23)34-3)22-14-21-25(35-22)20(8-10-29-21)16-5-4-6-17(11-16)27(31)30-19-7-9-28-15-19/h4-6,8,10-14,19,28H,7,9,15H2,1-3H3,(H,30,31). The number of benzene rings is 2. The molecule has 1 fully saturated rings. The SMILES string of the molecule is COc1cc(-c2cc3nccc(-c4cccc(C(=O)NC5CCNC5)c4)c3o2)cc(OC)c1OC. The van der Waals surface area contributed by atoms with Gasteiger partial charge in [-0.05, 0) is 48.9 Å². The minimum absolute atomic E-state index is 0.0802. The Kier molecular flexibility index (Phi) is 6.29. The average molecular weight is 474 g/mol. The van der Waals surface area contributed by atoms with Crippen LogP contribution >= 0.6 is 0 Å². The van der Waals surface area contributed by atoms with Crippen LogP contribution in [0.15, 0.2) is 59.1 Å². The topological polar surface area (TPSA) is 94.9 Å². The second-order valence-corrected chi connectivity index (χ2v) is 8.34. The van der Waals surface area contributed by atoms with Gasteiger partial charge in [0.1, 0.15) is 11.3 Å². The van der Waals surface area contributed by atoms with Gasteiger partial charge in [0.05, 0.1) is 21.3 Å². The van der Waals surface area contributed by atoms with E-state index in [1.165, 1.54) is 0 Å². The van der Waals surface area contributed by atoms with Crippen LogP contribution in [0.4, 0.5) is 0 Å². The van der Waals surface area contributed by atoms with Gasteiger partial charge in [-0.3, -0.25) is 9.78 Å². The number of rotatable bonds is 7. The third kappa shape index (κ3) is 4.40. The van der Waals surface area contributed by atoms with E-state index in [1.54, 1.807) is 27.5 Å². The molecule has 35 heavy (non-hydrogen) atoms. The summed E-state index contributed by atoms with van der Waals surface area (Å²) in [5.74, 6) is 2.11. The second kappa shape index (κ2) is 9.68. The van der Waals surface area contributed by atoms with Crippen molar-refractivity contribution in [3.05, 3.63) is 60.3 Å². The number of nitrogens with one attached hydrogen (secondary N) is 2. The molecule has 1 aliphatic heterocycles. The Morgan fingerprint density at radius 2 is 1.83 bits per heavy atom. The summed E-state index contributed by atoms with van der Waals surface area (Å²) in [4.78, 5) is 17.3. The lowest BCUT2D eigenvalue weighted by Crippen LogP contribution is -2.36. The molecule has 180 valence electrons. The molecule has 1 unspecified atom stereocenters. The molecule has 0 radical (unpaired) electrons. The number of fused-ring (bicyclic) bond motifs is 1. The Labute approximate surface area is 203 Å². The Bertz CT molecular complexity index is 1350. The zero-order chi connectivity index (χ0) is 24.4. The molecule has 2 aromatic heterocycles. The van der Waals surface area contributed by atoms with Crippen molar-refractivity contribution in [3.8, 4) is 39.7 Å². The van der Waals surface area contributed by atoms with Crippen molar-refractivity contribution in [2.24, 2.45) is 0 Å². The molecule has 0 spiro atoms. The summed E-state index contributed by atoms with van der Waals surface area (Å²) < 4.78 is 22.7. The van der Waals surface area contributed by atoms with E-state index < -0.39 is 0 Å². The van der Waals surface area contributed by atoms with Crippen molar-refractivity contribution < 1.29 is 23.4 Å². The molecule has 5 rings (SSSR count). The molecule has 1 aliphatic rings. The Morgan fingerprint density at radius 3 is 2.51 bits per heavy atom. The molecule has 0 aliphatic carbocycles. The number of furan rings is 1. The van der Waals surface area contributed by atoms with Crippen LogP contribution < -0.4 is 24.8 Å². The van der Waals surface area contributed by atoms with Gasteiger partial charge in [0.2, 0.25) is 5.75 Å². The fourth-order valence-electron chi connectivity index (χ4n) is 4.41. The molecule has 0 bridgehead atoms. The summed E-state index contributed by atoms with van der Waals surface area (Å²) in [5.41, 5.74) is 4.44. The van der Waals surface area contributed by atoms with Crippen molar-refractivity contribution in [2.45, 2.75) is 12.5 Å². The number of amides is 1. The zero-order valence-electron chi connectivity index (χ0n) is 19.9. The van der Waals surface area contributed by atoms with E-state index in [2.05, 4.69) is 15.6 Å². The first-order valence-electron chi connectivity index (χ1n) is 11.4. The molecule has 1 amide bonds. The average Bonchev–Trinajstić information content (AvgIpc) is 3.57. The number of carbonyl (C=O) groups is 1. The molecule has 0 saturated carbocycles. The maximum atomic E-state index is 12.8. The summed E-state index contributed by atoms with van der Waals surface area (Å²) in [5, 5.41) is 6.36. The number of hydrogen-bond acceptors (Lipinski definition) is 7. The largest absolute Gasteiger partial charge is 0.493 e. The molecule has 2 aromatic carbocycles. The highest BCUT2D eigenvalue weighted by Gasteiger charge is 2.20. The third-order valence-corrected chi connectivity index (χ3v) is 6.19. The number of aromatic nitrogens is 1. The number of hydrogen-bond donors (Lipinski definition) is 2. The first kappa shape index (κ1) is 22.7. The van der Waals surface area contributed by atoms with Crippen LogP contribution in [0.5, 0.6) is 17.2 Å². The van der Waals surface area contributed by atoms with E-state index in [1.807, 2.05) is 48.5 Å². The molecule has 3 heterocycles. The van der Waals surface area contributed by atoms with E-state index >= 15 is 0 Å².